The van der Waals surface area contributed by atoms with Crippen molar-refractivity contribution in [1.29, 1.82) is 5.26 Å². The van der Waals surface area contributed by atoms with Crippen molar-refractivity contribution in [1.82, 2.24) is 4.90 Å². The van der Waals surface area contributed by atoms with Crippen LogP contribution < -0.4 is 10.6 Å². The van der Waals surface area contributed by atoms with Crippen molar-refractivity contribution in [3.05, 3.63) is 60.2 Å². The number of alkyl halides is 1. The summed E-state index contributed by atoms with van der Waals surface area (Å²) in [5.41, 5.74) is -2.39. The number of hydrogen-bond acceptors (Lipinski definition) is 4. The van der Waals surface area contributed by atoms with Crippen molar-refractivity contribution in [3.8, 4) is 6.07 Å². The second kappa shape index (κ2) is 8.32. The molecular weight excluding hydrogens is 423 g/mol. The molecule has 2 aliphatic heterocycles. The Morgan fingerprint density at radius 1 is 1.24 bits per heavy atom. The maximum Gasteiger partial charge on any atom is 0.271 e. The summed E-state index contributed by atoms with van der Waals surface area (Å²) in [7, 11) is 0. The Morgan fingerprint density at radius 3 is 2.58 bits per heavy atom. The standard InChI is InChI=1S/C25H25FN4O3/c1-16(2)12-25(26,22(32)28-17-8-4-3-5-9-17)23(33)30-15-24(13-18(30)14-27)19-10-6-7-11-20(19)29-21(24)31/h3-11,16,18H,12-13,15H2,1-2H3,(H,28,32)(H,29,31)/t18-,24-,25?/m0/s1. The minimum Gasteiger partial charge on any atom is -0.325 e. The van der Waals surface area contributed by atoms with Crippen LogP contribution in [0.3, 0.4) is 0 Å². The summed E-state index contributed by atoms with van der Waals surface area (Å²) in [6, 6.07) is 16.4. The third-order valence-electron chi connectivity index (χ3n) is 6.31. The topological polar surface area (TPSA) is 102 Å². The first-order valence-electron chi connectivity index (χ1n) is 10.9. The first-order valence-corrected chi connectivity index (χ1v) is 10.9. The predicted molar refractivity (Wildman–Crippen MR) is 121 cm³/mol. The van der Waals surface area contributed by atoms with Crippen LogP contribution in [0, 0.1) is 17.2 Å². The van der Waals surface area contributed by atoms with Gasteiger partial charge in [-0.25, -0.2) is 4.39 Å². The maximum atomic E-state index is 16.3. The van der Waals surface area contributed by atoms with Crippen molar-refractivity contribution < 1.29 is 18.8 Å². The van der Waals surface area contributed by atoms with Crippen molar-refractivity contribution in [2.45, 2.75) is 43.8 Å². The minimum atomic E-state index is -2.89. The Balaban J connectivity index is 1.68. The number of benzene rings is 2. The second-order valence-corrected chi connectivity index (χ2v) is 9.08. The molecule has 0 aromatic heterocycles. The van der Waals surface area contributed by atoms with Gasteiger partial charge in [0.25, 0.3) is 17.5 Å². The van der Waals surface area contributed by atoms with Gasteiger partial charge < -0.3 is 15.5 Å². The van der Waals surface area contributed by atoms with E-state index in [1.165, 1.54) is 0 Å². The molecule has 33 heavy (non-hydrogen) atoms. The van der Waals surface area contributed by atoms with Gasteiger partial charge >= 0.3 is 0 Å². The van der Waals surface area contributed by atoms with Gasteiger partial charge in [-0.1, -0.05) is 50.2 Å². The van der Waals surface area contributed by atoms with E-state index in [0.29, 0.717) is 16.9 Å². The summed E-state index contributed by atoms with van der Waals surface area (Å²) in [6.45, 7) is 3.26. The largest absolute Gasteiger partial charge is 0.325 e. The summed E-state index contributed by atoms with van der Waals surface area (Å²) >= 11 is 0. The van der Waals surface area contributed by atoms with E-state index in [4.69, 9.17) is 0 Å². The Morgan fingerprint density at radius 2 is 1.91 bits per heavy atom. The average molecular weight is 448 g/mol. The molecular formula is C25H25FN4O3. The van der Waals surface area contributed by atoms with E-state index in [1.807, 2.05) is 6.07 Å². The van der Waals surface area contributed by atoms with Crippen LogP contribution in [0.1, 0.15) is 32.3 Å². The summed E-state index contributed by atoms with van der Waals surface area (Å²) < 4.78 is 16.3. The fraction of sp³-hybridized carbons (Fsp3) is 0.360. The van der Waals surface area contributed by atoms with Crippen molar-refractivity contribution in [2.24, 2.45) is 5.92 Å². The molecule has 8 heteroatoms. The zero-order chi connectivity index (χ0) is 23.8. The van der Waals surface area contributed by atoms with Gasteiger partial charge in [-0.15, -0.1) is 0 Å². The van der Waals surface area contributed by atoms with E-state index >= 15 is 4.39 Å². The van der Waals surface area contributed by atoms with Crippen molar-refractivity contribution >= 4 is 29.1 Å². The Hall–Kier alpha value is -3.73. The molecule has 0 aliphatic carbocycles. The molecule has 1 spiro atoms. The molecule has 1 fully saturated rings. The third-order valence-corrected chi connectivity index (χ3v) is 6.31. The second-order valence-electron chi connectivity index (χ2n) is 9.08. The highest BCUT2D eigenvalue weighted by molar-refractivity contribution is 6.14. The number of likely N-dealkylation sites (tertiary alicyclic amines) is 1. The fourth-order valence-electron chi connectivity index (χ4n) is 4.79. The van der Waals surface area contributed by atoms with E-state index in [1.54, 1.807) is 68.4 Å². The van der Waals surface area contributed by atoms with Gasteiger partial charge in [-0.2, -0.15) is 5.26 Å². The van der Waals surface area contributed by atoms with Gasteiger partial charge in [0.1, 0.15) is 6.04 Å². The number of anilines is 2. The molecule has 170 valence electrons. The van der Waals surface area contributed by atoms with Gasteiger partial charge in [-0.3, -0.25) is 14.4 Å². The number of fused-ring (bicyclic) bond motifs is 2. The summed E-state index contributed by atoms with van der Waals surface area (Å²) in [6.07, 6.45) is -0.314. The zero-order valence-electron chi connectivity index (χ0n) is 18.5. The van der Waals surface area contributed by atoms with E-state index < -0.39 is 28.9 Å². The van der Waals surface area contributed by atoms with Crippen LogP contribution in [0.2, 0.25) is 0 Å². The van der Waals surface area contributed by atoms with Crippen LogP contribution in [0.4, 0.5) is 15.8 Å². The minimum absolute atomic E-state index is 0.0378. The summed E-state index contributed by atoms with van der Waals surface area (Å²) in [4.78, 5) is 40.6. The first kappa shape index (κ1) is 22.5. The Bertz CT molecular complexity index is 1150. The lowest BCUT2D eigenvalue weighted by Gasteiger charge is -2.31. The summed E-state index contributed by atoms with van der Waals surface area (Å²) in [5, 5.41) is 15.1. The van der Waals surface area contributed by atoms with Crippen LogP contribution in [-0.2, 0) is 19.8 Å². The van der Waals surface area contributed by atoms with Crippen molar-refractivity contribution in [2.75, 3.05) is 17.2 Å². The van der Waals surface area contributed by atoms with Gasteiger partial charge in [0.05, 0.1) is 11.5 Å². The molecule has 1 unspecified atom stereocenters. The lowest BCUT2D eigenvalue weighted by molar-refractivity contribution is -0.152. The van der Waals surface area contributed by atoms with Crippen LogP contribution in [0.5, 0.6) is 0 Å². The third kappa shape index (κ3) is 3.74. The highest BCUT2D eigenvalue weighted by atomic mass is 19.1. The molecule has 4 rings (SSSR count). The van der Waals surface area contributed by atoms with Crippen LogP contribution in [0.25, 0.3) is 0 Å². The molecule has 2 N–H and O–H groups in total. The molecule has 0 saturated carbocycles. The molecule has 2 heterocycles. The number of rotatable bonds is 5. The molecule has 0 radical (unpaired) electrons. The van der Waals surface area contributed by atoms with Crippen LogP contribution >= 0.6 is 0 Å². The van der Waals surface area contributed by atoms with Crippen molar-refractivity contribution in [3.63, 3.8) is 0 Å². The number of nitrogens with zero attached hydrogens (tertiary/aromatic N) is 2. The van der Waals surface area contributed by atoms with Crippen LogP contribution in [-0.4, -0.2) is 40.9 Å². The van der Waals surface area contributed by atoms with Gasteiger partial charge in [0, 0.05) is 30.8 Å². The number of hydrogen-bond donors (Lipinski definition) is 2. The summed E-state index contributed by atoms with van der Waals surface area (Å²) in [5.74, 6) is -2.82. The zero-order valence-corrected chi connectivity index (χ0v) is 18.5. The molecule has 2 aliphatic rings. The van der Waals surface area contributed by atoms with Crippen LogP contribution in [0.15, 0.2) is 54.6 Å². The molecule has 2 aromatic rings. The maximum absolute atomic E-state index is 16.3. The number of halogens is 1. The number of carbonyl (C=O) groups excluding carboxylic acids is 3. The quantitative estimate of drug-likeness (QED) is 0.685. The molecule has 7 nitrogen and oxygen atoms in total. The molecule has 3 amide bonds. The number of para-hydroxylation sites is 2. The fourth-order valence-corrected chi connectivity index (χ4v) is 4.79. The van der Waals surface area contributed by atoms with E-state index in [2.05, 4.69) is 10.6 Å². The highest BCUT2D eigenvalue weighted by Gasteiger charge is 2.60. The van der Waals surface area contributed by atoms with Gasteiger partial charge in [0.15, 0.2) is 0 Å². The van der Waals surface area contributed by atoms with Gasteiger partial charge in [-0.05, 0) is 29.7 Å². The molecule has 2 aromatic carbocycles. The Labute approximate surface area is 191 Å². The molecule has 3 atom stereocenters. The predicted octanol–water partition coefficient (Wildman–Crippen LogP) is 3.39. The lowest BCUT2D eigenvalue weighted by Crippen LogP contribution is -2.55. The first-order chi connectivity index (χ1) is 15.7. The van der Waals surface area contributed by atoms with Gasteiger partial charge in [0.2, 0.25) is 5.91 Å². The highest BCUT2D eigenvalue weighted by Crippen LogP contribution is 2.47. The number of carbonyl (C=O) groups is 3. The number of nitrogens with one attached hydrogen (secondary N) is 2. The lowest BCUT2D eigenvalue weighted by atomic mass is 9.80. The molecule has 1 saturated heterocycles. The van der Waals surface area contributed by atoms with E-state index in [9.17, 15) is 19.6 Å². The molecule has 0 bridgehead atoms. The number of nitriles is 1. The number of amides is 3. The SMILES string of the molecule is CC(C)CC(F)(C(=O)Nc1ccccc1)C(=O)N1C[C@]2(C[C@H]1C#N)C(=O)Nc1ccccc12. The average Bonchev–Trinajstić information content (AvgIpc) is 3.32. The Kier molecular flexibility index (Phi) is 5.66. The van der Waals surface area contributed by atoms with E-state index in [0.717, 1.165) is 4.90 Å². The normalized spacial score (nSPS) is 23.1. The smallest absolute Gasteiger partial charge is 0.271 e. The monoisotopic (exact) mass is 448 g/mol. The van der Waals surface area contributed by atoms with E-state index in [-0.39, 0.29) is 31.2 Å².